The van der Waals surface area contributed by atoms with Gasteiger partial charge in [0.25, 0.3) is 0 Å². The summed E-state index contributed by atoms with van der Waals surface area (Å²) in [4.78, 5) is 10.2. The van der Waals surface area contributed by atoms with Gasteiger partial charge in [-0.25, -0.2) is 4.79 Å². The molecule has 1 amide bonds. The molecule has 1 aromatic rings. The van der Waals surface area contributed by atoms with Crippen molar-refractivity contribution in [3.8, 4) is 0 Å². The molecule has 4 heteroatoms. The molecular weight excluding hydrogens is 194 g/mol. The number of amides is 1. The van der Waals surface area contributed by atoms with Crippen LogP contribution in [0.1, 0.15) is 24.2 Å². The molecule has 82 valence electrons. The third-order valence-electron chi connectivity index (χ3n) is 2.15. The second-order valence-electron chi connectivity index (χ2n) is 3.40. The second-order valence-corrected chi connectivity index (χ2v) is 3.40. The average Bonchev–Trinajstić information content (AvgIpc) is 2.18. The zero-order valence-electron chi connectivity index (χ0n) is 8.60. The Kier molecular flexibility index (Phi) is 4.12. The summed E-state index contributed by atoms with van der Waals surface area (Å²) in [5.74, 6) is 0. The van der Waals surface area contributed by atoms with E-state index in [1.165, 1.54) is 0 Å². The molecule has 4 nitrogen and oxygen atoms in total. The van der Waals surface area contributed by atoms with E-state index in [2.05, 4.69) is 5.32 Å². The molecule has 1 rings (SSSR count). The third kappa shape index (κ3) is 3.99. The van der Waals surface area contributed by atoms with Gasteiger partial charge in [-0.2, -0.15) is 0 Å². The van der Waals surface area contributed by atoms with Crippen molar-refractivity contribution in [1.82, 2.24) is 5.32 Å². The highest BCUT2D eigenvalue weighted by molar-refractivity contribution is 5.64. The average molecular weight is 209 g/mol. The Morgan fingerprint density at radius 1 is 1.40 bits per heavy atom. The molecule has 0 aromatic heterocycles. The summed E-state index contributed by atoms with van der Waals surface area (Å²) in [6.07, 6.45) is -0.807. The summed E-state index contributed by atoms with van der Waals surface area (Å²) in [5.41, 5.74) is 1.91. The van der Waals surface area contributed by atoms with Crippen LogP contribution < -0.4 is 5.32 Å². The lowest BCUT2D eigenvalue weighted by molar-refractivity contribution is 0.194. The largest absolute Gasteiger partial charge is 0.465 e. The predicted octanol–water partition coefficient (Wildman–Crippen LogP) is 1.55. The van der Waals surface area contributed by atoms with Crippen LogP contribution in [-0.2, 0) is 6.42 Å². The Bertz CT molecular complexity index is 319. The molecule has 1 aromatic carbocycles. The van der Waals surface area contributed by atoms with Crippen molar-refractivity contribution >= 4 is 6.09 Å². The lowest BCUT2D eigenvalue weighted by Gasteiger charge is -2.06. The molecule has 1 unspecified atom stereocenters. The van der Waals surface area contributed by atoms with E-state index in [4.69, 9.17) is 5.11 Å². The fourth-order valence-corrected chi connectivity index (χ4v) is 1.28. The summed E-state index contributed by atoms with van der Waals surface area (Å²) in [6.45, 7) is 2.12. The van der Waals surface area contributed by atoms with Gasteiger partial charge in [0.05, 0.1) is 6.10 Å². The first-order chi connectivity index (χ1) is 7.09. The van der Waals surface area contributed by atoms with E-state index in [0.717, 1.165) is 11.1 Å². The summed E-state index contributed by atoms with van der Waals surface area (Å²) >= 11 is 0. The van der Waals surface area contributed by atoms with Crippen molar-refractivity contribution in [3.05, 3.63) is 35.4 Å². The van der Waals surface area contributed by atoms with Gasteiger partial charge < -0.3 is 15.5 Å². The summed E-state index contributed by atoms with van der Waals surface area (Å²) in [5, 5.41) is 19.9. The molecule has 0 saturated heterocycles. The van der Waals surface area contributed by atoms with Crippen LogP contribution in [0.4, 0.5) is 4.79 Å². The van der Waals surface area contributed by atoms with Gasteiger partial charge in [0.2, 0.25) is 0 Å². The Labute approximate surface area is 88.6 Å². The van der Waals surface area contributed by atoms with E-state index < -0.39 is 12.2 Å². The minimum atomic E-state index is -1.00. The first kappa shape index (κ1) is 11.5. The molecule has 0 aliphatic heterocycles. The van der Waals surface area contributed by atoms with Crippen molar-refractivity contribution < 1.29 is 15.0 Å². The van der Waals surface area contributed by atoms with Gasteiger partial charge in [-0.3, -0.25) is 0 Å². The maximum atomic E-state index is 10.2. The number of carboxylic acid groups (broad SMARTS) is 1. The molecule has 0 aliphatic carbocycles. The predicted molar refractivity (Wildman–Crippen MR) is 56.8 cm³/mol. The summed E-state index contributed by atoms with van der Waals surface area (Å²) < 4.78 is 0. The van der Waals surface area contributed by atoms with Crippen LogP contribution in [0.25, 0.3) is 0 Å². The number of hydrogen-bond donors (Lipinski definition) is 3. The molecule has 15 heavy (non-hydrogen) atoms. The van der Waals surface area contributed by atoms with E-state index in [1.54, 1.807) is 6.92 Å². The molecular formula is C11H15NO3. The summed E-state index contributed by atoms with van der Waals surface area (Å²) in [7, 11) is 0. The maximum Gasteiger partial charge on any atom is 0.404 e. The van der Waals surface area contributed by atoms with Crippen molar-refractivity contribution in [2.45, 2.75) is 19.4 Å². The highest BCUT2D eigenvalue weighted by atomic mass is 16.4. The van der Waals surface area contributed by atoms with E-state index in [1.807, 2.05) is 24.3 Å². The Morgan fingerprint density at radius 3 is 2.47 bits per heavy atom. The third-order valence-corrected chi connectivity index (χ3v) is 2.15. The minimum Gasteiger partial charge on any atom is -0.465 e. The Morgan fingerprint density at radius 2 is 2.00 bits per heavy atom. The number of rotatable bonds is 4. The molecule has 0 fully saturated rings. The minimum absolute atomic E-state index is 0.406. The number of benzene rings is 1. The molecule has 1 atom stereocenters. The lowest BCUT2D eigenvalue weighted by atomic mass is 10.1. The van der Waals surface area contributed by atoms with Gasteiger partial charge in [-0.05, 0) is 24.5 Å². The zero-order valence-corrected chi connectivity index (χ0v) is 8.60. The lowest BCUT2D eigenvalue weighted by Crippen LogP contribution is -2.23. The number of aliphatic hydroxyl groups is 1. The van der Waals surface area contributed by atoms with Gasteiger partial charge in [0.1, 0.15) is 0 Å². The SMILES string of the molecule is CC(O)c1ccc(CCNC(=O)O)cc1. The first-order valence-corrected chi connectivity index (χ1v) is 4.83. The van der Waals surface area contributed by atoms with Gasteiger partial charge in [0.15, 0.2) is 0 Å². The number of carbonyl (C=O) groups is 1. The highest BCUT2D eigenvalue weighted by Crippen LogP contribution is 2.12. The van der Waals surface area contributed by atoms with Crippen LogP contribution in [0.15, 0.2) is 24.3 Å². The monoisotopic (exact) mass is 209 g/mol. The van der Waals surface area contributed by atoms with Crippen molar-refractivity contribution in [1.29, 1.82) is 0 Å². The van der Waals surface area contributed by atoms with Crippen LogP contribution in [0.5, 0.6) is 0 Å². The quantitative estimate of drug-likeness (QED) is 0.704. The number of aliphatic hydroxyl groups excluding tert-OH is 1. The maximum absolute atomic E-state index is 10.2. The number of hydrogen-bond acceptors (Lipinski definition) is 2. The normalized spacial score (nSPS) is 12.1. The highest BCUT2D eigenvalue weighted by Gasteiger charge is 2.00. The number of nitrogens with one attached hydrogen (secondary N) is 1. The van der Waals surface area contributed by atoms with Crippen LogP contribution in [0, 0.1) is 0 Å². The molecule has 0 saturated carbocycles. The molecule has 0 radical (unpaired) electrons. The topological polar surface area (TPSA) is 69.6 Å². The van der Waals surface area contributed by atoms with Crippen molar-refractivity contribution in [2.75, 3.05) is 6.54 Å². The Balaban J connectivity index is 2.46. The molecule has 0 heterocycles. The Hall–Kier alpha value is -1.55. The molecule has 0 bridgehead atoms. The van der Waals surface area contributed by atoms with Crippen LogP contribution in [0.2, 0.25) is 0 Å². The van der Waals surface area contributed by atoms with E-state index in [-0.39, 0.29) is 0 Å². The molecule has 0 aliphatic rings. The van der Waals surface area contributed by atoms with Gasteiger partial charge in [0, 0.05) is 6.54 Å². The zero-order chi connectivity index (χ0) is 11.3. The smallest absolute Gasteiger partial charge is 0.404 e. The van der Waals surface area contributed by atoms with Crippen molar-refractivity contribution in [2.24, 2.45) is 0 Å². The first-order valence-electron chi connectivity index (χ1n) is 4.83. The van der Waals surface area contributed by atoms with E-state index in [9.17, 15) is 9.90 Å². The van der Waals surface area contributed by atoms with Crippen molar-refractivity contribution in [3.63, 3.8) is 0 Å². The molecule has 3 N–H and O–H groups in total. The fraction of sp³-hybridized carbons (Fsp3) is 0.364. The standard InChI is InChI=1S/C11H15NO3/c1-8(13)10-4-2-9(3-5-10)6-7-12-11(14)15/h2-5,8,12-13H,6-7H2,1H3,(H,14,15). The van der Waals surface area contributed by atoms with Crippen LogP contribution in [-0.4, -0.2) is 22.9 Å². The summed E-state index contributed by atoms with van der Waals surface area (Å²) in [6, 6.07) is 7.48. The second kappa shape index (κ2) is 5.36. The van der Waals surface area contributed by atoms with E-state index >= 15 is 0 Å². The molecule has 0 spiro atoms. The van der Waals surface area contributed by atoms with E-state index in [0.29, 0.717) is 13.0 Å². The van der Waals surface area contributed by atoms with Gasteiger partial charge in [-0.15, -0.1) is 0 Å². The van der Waals surface area contributed by atoms with Crippen LogP contribution >= 0.6 is 0 Å². The fourth-order valence-electron chi connectivity index (χ4n) is 1.28. The van der Waals surface area contributed by atoms with Gasteiger partial charge >= 0.3 is 6.09 Å². The van der Waals surface area contributed by atoms with Crippen LogP contribution in [0.3, 0.4) is 0 Å². The van der Waals surface area contributed by atoms with Gasteiger partial charge in [-0.1, -0.05) is 24.3 Å².